The smallest absolute Gasteiger partial charge is 0.327 e. The van der Waals surface area contributed by atoms with Crippen LogP contribution in [0.3, 0.4) is 0 Å². The lowest BCUT2D eigenvalue weighted by Gasteiger charge is -2.22. The van der Waals surface area contributed by atoms with E-state index >= 15 is 0 Å². The molecule has 0 atom stereocenters. The maximum Gasteiger partial charge on any atom is 0.327 e. The van der Waals surface area contributed by atoms with Gasteiger partial charge in [0.1, 0.15) is 11.8 Å². The summed E-state index contributed by atoms with van der Waals surface area (Å²) in [5.41, 5.74) is 1.87. The fourth-order valence-electron chi connectivity index (χ4n) is 2.40. The van der Waals surface area contributed by atoms with E-state index in [1.807, 2.05) is 26.0 Å². The van der Waals surface area contributed by atoms with Gasteiger partial charge in [0, 0.05) is 31.8 Å². The third-order valence-electron chi connectivity index (χ3n) is 3.67. The second-order valence-corrected chi connectivity index (χ2v) is 6.44. The third-order valence-corrected chi connectivity index (χ3v) is 4.64. The Morgan fingerprint density at radius 2 is 2.04 bits per heavy atom. The van der Waals surface area contributed by atoms with Crippen molar-refractivity contribution in [3.05, 3.63) is 39.9 Å². The van der Waals surface area contributed by atoms with Gasteiger partial charge in [0.15, 0.2) is 5.00 Å². The molecule has 27 heavy (non-hydrogen) atoms. The van der Waals surface area contributed by atoms with Crippen molar-refractivity contribution in [3.8, 4) is 6.07 Å². The molecule has 1 amide bonds. The summed E-state index contributed by atoms with van der Waals surface area (Å²) >= 11 is 0.769. The molecule has 1 aromatic heterocycles. The lowest BCUT2D eigenvalue weighted by atomic mass is 10.2. The van der Waals surface area contributed by atoms with Crippen LogP contribution >= 0.6 is 11.3 Å². The molecule has 0 unspecified atom stereocenters. The normalized spacial score (nSPS) is 10.6. The summed E-state index contributed by atoms with van der Waals surface area (Å²) in [4.78, 5) is 23.9. The second kappa shape index (κ2) is 8.86. The minimum atomic E-state index is -0.577. The minimum absolute atomic E-state index is 0.0799. The number of nitrogens with one attached hydrogen (secondary N) is 1. The van der Waals surface area contributed by atoms with Gasteiger partial charge in [0.2, 0.25) is 5.91 Å². The molecule has 10 heteroatoms. The first-order chi connectivity index (χ1) is 12.9. The average Bonchev–Trinajstić information content (AvgIpc) is 3.05. The highest BCUT2D eigenvalue weighted by Gasteiger charge is 2.17. The summed E-state index contributed by atoms with van der Waals surface area (Å²) in [5.74, 6) is -0.257. The van der Waals surface area contributed by atoms with Gasteiger partial charge in [-0.25, -0.2) is 0 Å². The molecule has 0 saturated carbocycles. The number of thiophene rings is 1. The number of hydrogen-bond donors (Lipinski definition) is 1. The summed E-state index contributed by atoms with van der Waals surface area (Å²) in [5, 5.41) is 30.7. The van der Waals surface area contributed by atoms with Crippen molar-refractivity contribution in [2.45, 2.75) is 20.8 Å². The van der Waals surface area contributed by atoms with E-state index in [9.17, 15) is 14.9 Å². The number of anilines is 2. The average molecular weight is 386 g/mol. The molecule has 0 aliphatic heterocycles. The number of nitriles is 1. The Labute approximate surface area is 160 Å². The molecule has 1 N–H and O–H groups in total. The number of nitrogens with zero attached hydrogens (tertiary/aromatic N) is 5. The quantitative estimate of drug-likeness (QED) is 0.418. The first kappa shape index (κ1) is 20.0. The number of rotatable bonds is 7. The zero-order valence-electron chi connectivity index (χ0n) is 15.1. The highest BCUT2D eigenvalue weighted by atomic mass is 32.1. The van der Waals surface area contributed by atoms with Crippen molar-refractivity contribution >= 4 is 44.3 Å². The third kappa shape index (κ3) is 4.86. The van der Waals surface area contributed by atoms with Gasteiger partial charge < -0.3 is 10.2 Å². The molecule has 1 aromatic carbocycles. The molecule has 1 heterocycles. The van der Waals surface area contributed by atoms with Crippen molar-refractivity contribution in [1.82, 2.24) is 0 Å². The maximum absolute atomic E-state index is 11.5. The molecule has 140 valence electrons. The van der Waals surface area contributed by atoms with Crippen LogP contribution in [0.1, 0.15) is 26.3 Å². The number of carbonyl (C=O) groups excluding carboxylic acids is 1. The van der Waals surface area contributed by atoms with Crippen LogP contribution in [0, 0.1) is 21.4 Å². The standard InChI is InChI=1S/C17H18N6O3S/c1-4-22(5-2)13-6-7-14(15(9-13)19-11(3)24)20-21-17-12(10-18)8-16(27-17)23(25)26/h6-9H,4-5H2,1-3H3,(H,19,24). The fraction of sp³-hybridized carbons (Fsp3) is 0.294. The van der Waals surface area contributed by atoms with Gasteiger partial charge in [0.25, 0.3) is 0 Å². The van der Waals surface area contributed by atoms with Gasteiger partial charge >= 0.3 is 5.00 Å². The van der Waals surface area contributed by atoms with Crippen molar-refractivity contribution < 1.29 is 9.72 Å². The van der Waals surface area contributed by atoms with E-state index in [1.54, 1.807) is 12.1 Å². The Bertz CT molecular complexity index is 927. The molecule has 9 nitrogen and oxygen atoms in total. The van der Waals surface area contributed by atoms with Crippen LogP contribution in [0.2, 0.25) is 0 Å². The van der Waals surface area contributed by atoms with Gasteiger partial charge in [-0.3, -0.25) is 14.9 Å². The Kier molecular flexibility index (Phi) is 6.56. The molecule has 0 spiro atoms. The zero-order valence-corrected chi connectivity index (χ0v) is 15.9. The van der Waals surface area contributed by atoms with E-state index in [2.05, 4.69) is 20.4 Å². The molecule has 2 aromatic rings. The molecule has 0 saturated heterocycles. The summed E-state index contributed by atoms with van der Waals surface area (Å²) in [6, 6.07) is 8.39. The van der Waals surface area contributed by atoms with Crippen molar-refractivity contribution in [3.63, 3.8) is 0 Å². The topological polar surface area (TPSA) is 124 Å². The van der Waals surface area contributed by atoms with Gasteiger partial charge in [-0.2, -0.15) is 5.26 Å². The first-order valence-corrected chi connectivity index (χ1v) is 8.97. The predicted octanol–water partition coefficient (Wildman–Crippen LogP) is 4.75. The largest absolute Gasteiger partial charge is 0.372 e. The monoisotopic (exact) mass is 386 g/mol. The summed E-state index contributed by atoms with van der Waals surface area (Å²) < 4.78 is 0. The summed E-state index contributed by atoms with van der Waals surface area (Å²) in [6.45, 7) is 7.06. The highest BCUT2D eigenvalue weighted by molar-refractivity contribution is 7.19. The molecule has 0 aliphatic rings. The van der Waals surface area contributed by atoms with Crippen LogP contribution in [0.5, 0.6) is 0 Å². The molecule has 0 radical (unpaired) electrons. The van der Waals surface area contributed by atoms with Crippen LogP contribution in [0.25, 0.3) is 0 Å². The molecule has 0 fully saturated rings. The van der Waals surface area contributed by atoms with Crippen LogP contribution in [0.15, 0.2) is 34.5 Å². The Morgan fingerprint density at radius 3 is 2.59 bits per heavy atom. The lowest BCUT2D eigenvalue weighted by Crippen LogP contribution is -2.21. The fourth-order valence-corrected chi connectivity index (χ4v) is 3.14. The molecule has 0 aliphatic carbocycles. The summed E-state index contributed by atoms with van der Waals surface area (Å²) in [6.07, 6.45) is 0. The molecule has 0 bridgehead atoms. The van der Waals surface area contributed by atoms with Crippen molar-refractivity contribution in [1.29, 1.82) is 5.26 Å². The van der Waals surface area contributed by atoms with Crippen LogP contribution in [0.4, 0.5) is 27.1 Å². The van der Waals surface area contributed by atoms with Crippen LogP contribution < -0.4 is 10.2 Å². The number of nitro groups is 1. The molecular formula is C17H18N6O3S. The van der Waals surface area contributed by atoms with E-state index in [4.69, 9.17) is 5.26 Å². The molecule has 2 rings (SSSR count). The van der Waals surface area contributed by atoms with Gasteiger partial charge in [-0.1, -0.05) is 0 Å². The minimum Gasteiger partial charge on any atom is -0.372 e. The van der Waals surface area contributed by atoms with Gasteiger partial charge in [0.05, 0.1) is 16.2 Å². The first-order valence-electron chi connectivity index (χ1n) is 8.16. The molecular weight excluding hydrogens is 368 g/mol. The van der Waals surface area contributed by atoms with E-state index in [1.165, 1.54) is 6.92 Å². The van der Waals surface area contributed by atoms with Gasteiger partial charge in [-0.05, 0) is 43.4 Å². The van der Waals surface area contributed by atoms with Crippen molar-refractivity contribution in [2.75, 3.05) is 23.3 Å². The number of benzene rings is 1. The van der Waals surface area contributed by atoms with E-state index in [0.717, 1.165) is 36.2 Å². The number of amides is 1. The van der Waals surface area contributed by atoms with Crippen LogP contribution in [-0.4, -0.2) is 23.9 Å². The van der Waals surface area contributed by atoms with E-state index in [-0.39, 0.29) is 21.5 Å². The summed E-state index contributed by atoms with van der Waals surface area (Å²) in [7, 11) is 0. The lowest BCUT2D eigenvalue weighted by molar-refractivity contribution is -0.380. The Hall–Kier alpha value is -3.32. The second-order valence-electron chi connectivity index (χ2n) is 5.43. The Balaban J connectivity index is 2.43. The van der Waals surface area contributed by atoms with E-state index in [0.29, 0.717) is 11.4 Å². The van der Waals surface area contributed by atoms with Crippen molar-refractivity contribution in [2.24, 2.45) is 10.2 Å². The Morgan fingerprint density at radius 1 is 1.33 bits per heavy atom. The number of azo groups is 1. The number of hydrogen-bond acceptors (Lipinski definition) is 8. The van der Waals surface area contributed by atoms with Gasteiger partial charge in [-0.15, -0.1) is 10.2 Å². The SMILES string of the molecule is CCN(CC)c1ccc(N=Nc2sc([N+](=O)[O-])cc2C#N)c(NC(C)=O)c1. The number of carbonyl (C=O) groups is 1. The zero-order chi connectivity index (χ0) is 20.0. The van der Waals surface area contributed by atoms with E-state index < -0.39 is 4.92 Å². The maximum atomic E-state index is 11.5. The van der Waals surface area contributed by atoms with Crippen LogP contribution in [-0.2, 0) is 4.79 Å². The highest BCUT2D eigenvalue weighted by Crippen LogP contribution is 2.38. The predicted molar refractivity (Wildman–Crippen MR) is 104 cm³/mol.